The van der Waals surface area contributed by atoms with Crippen LogP contribution >= 0.6 is 0 Å². The molecule has 45 heavy (non-hydrogen) atoms. The predicted molar refractivity (Wildman–Crippen MR) is 158 cm³/mol. The van der Waals surface area contributed by atoms with Crippen molar-refractivity contribution in [3.63, 3.8) is 0 Å². The summed E-state index contributed by atoms with van der Waals surface area (Å²) in [6, 6.07) is -2.49. The van der Waals surface area contributed by atoms with Crippen molar-refractivity contribution in [3.05, 3.63) is 0 Å². The highest BCUT2D eigenvalue weighted by Gasteiger charge is 2.30. The van der Waals surface area contributed by atoms with E-state index in [-0.39, 0.29) is 69.9 Å². The monoisotopic (exact) mass is 644 g/mol. The normalized spacial score (nSPS) is 17.4. The molecule has 0 saturated heterocycles. The third kappa shape index (κ3) is 18.6. The van der Waals surface area contributed by atoms with Crippen molar-refractivity contribution in [2.45, 2.75) is 89.6 Å². The molecule has 0 aliphatic heterocycles. The molecular weight excluding hydrogens is 596 g/mol. The maximum atomic E-state index is 12.8. The van der Waals surface area contributed by atoms with Gasteiger partial charge in [-0.1, -0.05) is 0 Å². The highest BCUT2D eigenvalue weighted by atomic mass is 16.5. The summed E-state index contributed by atoms with van der Waals surface area (Å²) in [6.07, 6.45) is 1.48. The molecule has 0 aromatic heterocycles. The SMILES string of the molecule is CCOCCOCCNC(=O)[C@H](CCC(=O)O)NC(=O)CC[C@H](NC(=O)C1CCC(CNC(=O)CCCC(=O)O)CC1)C(=O)O. The van der Waals surface area contributed by atoms with Crippen LogP contribution < -0.4 is 21.3 Å². The fourth-order valence-corrected chi connectivity index (χ4v) is 4.73. The molecule has 0 spiro atoms. The average molecular weight is 645 g/mol. The van der Waals surface area contributed by atoms with E-state index in [4.69, 9.17) is 19.7 Å². The van der Waals surface area contributed by atoms with Crippen molar-refractivity contribution in [1.29, 1.82) is 0 Å². The van der Waals surface area contributed by atoms with E-state index in [0.717, 1.165) is 0 Å². The summed E-state index contributed by atoms with van der Waals surface area (Å²) in [5.74, 6) is -5.64. The zero-order valence-electron chi connectivity index (χ0n) is 25.8. The first-order valence-electron chi connectivity index (χ1n) is 15.4. The summed E-state index contributed by atoms with van der Waals surface area (Å²) in [5, 5.41) is 37.6. The van der Waals surface area contributed by atoms with Crippen molar-refractivity contribution < 1.29 is 58.4 Å². The molecule has 0 bridgehead atoms. The minimum absolute atomic E-state index is 0.0767. The zero-order valence-corrected chi connectivity index (χ0v) is 25.8. The molecule has 1 aliphatic carbocycles. The second-order valence-electron chi connectivity index (χ2n) is 10.9. The molecule has 256 valence electrons. The van der Waals surface area contributed by atoms with E-state index in [2.05, 4.69) is 21.3 Å². The van der Waals surface area contributed by atoms with Gasteiger partial charge in [-0.05, 0) is 57.8 Å². The number of ether oxygens (including phenoxy) is 2. The molecule has 4 amide bonds. The third-order valence-corrected chi connectivity index (χ3v) is 7.29. The van der Waals surface area contributed by atoms with Gasteiger partial charge in [0.25, 0.3) is 0 Å². The third-order valence-electron chi connectivity index (χ3n) is 7.29. The van der Waals surface area contributed by atoms with E-state index >= 15 is 0 Å². The Balaban J connectivity index is 2.49. The number of carboxylic acids is 3. The van der Waals surface area contributed by atoms with Crippen LogP contribution in [0.2, 0.25) is 0 Å². The van der Waals surface area contributed by atoms with Crippen LogP contribution in [0.15, 0.2) is 0 Å². The molecule has 0 heterocycles. The minimum atomic E-state index is -1.34. The number of carboxylic acid groups (broad SMARTS) is 3. The van der Waals surface area contributed by atoms with Gasteiger partial charge in [-0.25, -0.2) is 4.79 Å². The molecule has 0 unspecified atom stereocenters. The Kier molecular flexibility index (Phi) is 19.8. The lowest BCUT2D eigenvalue weighted by molar-refractivity contribution is -0.143. The lowest BCUT2D eigenvalue weighted by atomic mass is 9.81. The Morgan fingerprint density at radius 3 is 1.98 bits per heavy atom. The highest BCUT2D eigenvalue weighted by molar-refractivity contribution is 5.89. The highest BCUT2D eigenvalue weighted by Crippen LogP contribution is 2.28. The Morgan fingerprint density at radius 1 is 0.711 bits per heavy atom. The van der Waals surface area contributed by atoms with Gasteiger partial charge in [0.1, 0.15) is 12.1 Å². The predicted octanol–water partition coefficient (Wildman–Crippen LogP) is 0.0324. The van der Waals surface area contributed by atoms with E-state index in [1.165, 1.54) is 0 Å². The van der Waals surface area contributed by atoms with Crippen LogP contribution in [0.25, 0.3) is 0 Å². The smallest absolute Gasteiger partial charge is 0.326 e. The van der Waals surface area contributed by atoms with Gasteiger partial charge in [0.05, 0.1) is 19.8 Å². The average Bonchev–Trinajstić information content (AvgIpc) is 2.99. The molecule has 1 aliphatic rings. The Labute approximate surface area is 262 Å². The summed E-state index contributed by atoms with van der Waals surface area (Å²) >= 11 is 0. The van der Waals surface area contributed by atoms with E-state index in [1.807, 2.05) is 6.92 Å². The number of carbonyl (C=O) groups excluding carboxylic acids is 4. The maximum Gasteiger partial charge on any atom is 0.326 e. The fraction of sp³-hybridized carbons (Fsp3) is 0.759. The molecule has 16 nitrogen and oxygen atoms in total. The lowest BCUT2D eigenvalue weighted by Crippen LogP contribution is -2.48. The Morgan fingerprint density at radius 2 is 1.36 bits per heavy atom. The molecular formula is C29H48N4O12. The molecule has 16 heteroatoms. The van der Waals surface area contributed by atoms with Crippen molar-refractivity contribution >= 4 is 41.5 Å². The van der Waals surface area contributed by atoms with Gasteiger partial charge in [-0.2, -0.15) is 0 Å². The van der Waals surface area contributed by atoms with Gasteiger partial charge >= 0.3 is 17.9 Å². The van der Waals surface area contributed by atoms with E-state index in [1.54, 1.807) is 0 Å². The summed E-state index contributed by atoms with van der Waals surface area (Å²) in [5.41, 5.74) is 0. The van der Waals surface area contributed by atoms with Crippen LogP contribution in [0.5, 0.6) is 0 Å². The van der Waals surface area contributed by atoms with Crippen LogP contribution in [-0.4, -0.2) is 108 Å². The molecule has 2 atom stereocenters. The van der Waals surface area contributed by atoms with Gasteiger partial charge in [-0.3, -0.25) is 28.8 Å². The standard InChI is InChI=1S/C29H48N4O12/c1-2-44-16-17-45-15-14-30-28(41)21(11-13-26(38)39)32-24(35)12-10-22(29(42)43)33-27(40)20-8-6-19(7-9-20)18-31-23(34)4-3-5-25(36)37/h19-22H,2-18H2,1H3,(H,30,41)(H,31,34)(H,32,35)(H,33,40)(H,36,37)(H,38,39)(H,42,43)/t19?,20?,21-,22-/m0/s1. The Bertz CT molecular complexity index is 984. The number of hydrogen-bond donors (Lipinski definition) is 7. The molecule has 0 radical (unpaired) electrons. The van der Waals surface area contributed by atoms with Gasteiger partial charge in [0.2, 0.25) is 23.6 Å². The second kappa shape index (κ2) is 22.7. The number of carbonyl (C=O) groups is 7. The summed E-state index contributed by atoms with van der Waals surface area (Å²) in [7, 11) is 0. The van der Waals surface area contributed by atoms with Crippen LogP contribution in [0, 0.1) is 11.8 Å². The molecule has 1 rings (SSSR count). The topological polar surface area (TPSA) is 247 Å². The molecule has 7 N–H and O–H groups in total. The molecule has 0 aromatic rings. The van der Waals surface area contributed by atoms with Crippen LogP contribution in [0.4, 0.5) is 0 Å². The molecule has 0 aromatic carbocycles. The number of rotatable bonds is 24. The molecule has 1 saturated carbocycles. The van der Waals surface area contributed by atoms with Crippen LogP contribution in [0.1, 0.15) is 77.6 Å². The minimum Gasteiger partial charge on any atom is -0.481 e. The van der Waals surface area contributed by atoms with Crippen molar-refractivity contribution in [1.82, 2.24) is 21.3 Å². The van der Waals surface area contributed by atoms with Gasteiger partial charge in [-0.15, -0.1) is 0 Å². The van der Waals surface area contributed by atoms with Gasteiger partial charge < -0.3 is 46.1 Å². The van der Waals surface area contributed by atoms with Crippen molar-refractivity contribution in [3.8, 4) is 0 Å². The summed E-state index contributed by atoms with van der Waals surface area (Å²) < 4.78 is 10.4. The van der Waals surface area contributed by atoms with Gasteiger partial charge in [0, 0.05) is 51.3 Å². The number of nitrogens with one attached hydrogen (secondary N) is 4. The second-order valence-corrected chi connectivity index (χ2v) is 10.9. The molecule has 1 fully saturated rings. The first-order chi connectivity index (χ1) is 21.4. The van der Waals surface area contributed by atoms with E-state index in [0.29, 0.717) is 52.0 Å². The van der Waals surface area contributed by atoms with Crippen LogP contribution in [-0.2, 0) is 43.0 Å². The number of hydrogen-bond acceptors (Lipinski definition) is 9. The maximum absolute atomic E-state index is 12.8. The van der Waals surface area contributed by atoms with Crippen molar-refractivity contribution in [2.24, 2.45) is 11.8 Å². The first-order valence-corrected chi connectivity index (χ1v) is 15.4. The quantitative estimate of drug-likeness (QED) is 0.0688. The largest absolute Gasteiger partial charge is 0.481 e. The fourth-order valence-electron chi connectivity index (χ4n) is 4.73. The summed E-state index contributed by atoms with van der Waals surface area (Å²) in [4.78, 5) is 83.2. The van der Waals surface area contributed by atoms with Gasteiger partial charge in [0.15, 0.2) is 0 Å². The zero-order chi connectivity index (χ0) is 33.6. The number of aliphatic carboxylic acids is 3. The van der Waals surface area contributed by atoms with Crippen molar-refractivity contribution in [2.75, 3.05) is 39.5 Å². The Hall–Kier alpha value is -3.79. The lowest BCUT2D eigenvalue weighted by Gasteiger charge is -2.28. The van der Waals surface area contributed by atoms with E-state index < -0.39 is 53.6 Å². The first kappa shape index (κ1) is 39.2. The van der Waals surface area contributed by atoms with E-state index in [9.17, 15) is 38.7 Å². The summed E-state index contributed by atoms with van der Waals surface area (Å²) in [6.45, 7) is 3.87. The van der Waals surface area contributed by atoms with Crippen LogP contribution in [0.3, 0.4) is 0 Å². The number of amides is 4.